The van der Waals surface area contributed by atoms with Gasteiger partial charge in [0.1, 0.15) is 12.1 Å². The molecule has 162 valence electrons. The predicted molar refractivity (Wildman–Crippen MR) is 112 cm³/mol. The van der Waals surface area contributed by atoms with Gasteiger partial charge in [0.15, 0.2) is 0 Å². The molecule has 29 heavy (non-hydrogen) atoms. The molecule has 0 aliphatic carbocycles. The largest absolute Gasteiger partial charge is 0.480 e. The Bertz CT molecular complexity index is 651. The number of hydrogen-bond acceptors (Lipinski definition) is 5. The molecule has 3 atom stereocenters. The molecular formula is C21H34N4O4. The van der Waals surface area contributed by atoms with Crippen LogP contribution in [-0.2, 0) is 20.8 Å². The average Bonchev–Trinajstić information content (AvgIpc) is 2.66. The molecule has 8 heteroatoms. The van der Waals surface area contributed by atoms with Crippen molar-refractivity contribution in [3.05, 3.63) is 35.9 Å². The van der Waals surface area contributed by atoms with Gasteiger partial charge in [-0.05, 0) is 50.1 Å². The average molecular weight is 407 g/mol. The number of carboxylic acids is 1. The second-order valence-electron chi connectivity index (χ2n) is 7.67. The minimum absolute atomic E-state index is 0.0981. The maximum atomic E-state index is 12.7. The molecule has 1 rings (SSSR count). The second kappa shape index (κ2) is 12.9. The molecule has 0 saturated carbocycles. The van der Waals surface area contributed by atoms with Crippen molar-refractivity contribution in [1.82, 2.24) is 10.6 Å². The third-order valence-electron chi connectivity index (χ3n) is 4.54. The zero-order valence-electron chi connectivity index (χ0n) is 17.3. The molecule has 8 nitrogen and oxygen atoms in total. The van der Waals surface area contributed by atoms with Gasteiger partial charge < -0.3 is 27.2 Å². The Kier molecular flexibility index (Phi) is 10.9. The molecule has 0 radical (unpaired) electrons. The molecule has 0 aliphatic rings. The van der Waals surface area contributed by atoms with E-state index in [2.05, 4.69) is 10.6 Å². The lowest BCUT2D eigenvalue weighted by Gasteiger charge is -2.23. The third-order valence-corrected chi connectivity index (χ3v) is 4.54. The first kappa shape index (κ1) is 24.6. The lowest BCUT2D eigenvalue weighted by molar-refractivity contribution is -0.142. The maximum absolute atomic E-state index is 12.7. The van der Waals surface area contributed by atoms with Crippen molar-refractivity contribution in [3.63, 3.8) is 0 Å². The van der Waals surface area contributed by atoms with E-state index in [1.807, 2.05) is 44.2 Å². The third kappa shape index (κ3) is 9.54. The van der Waals surface area contributed by atoms with Crippen LogP contribution in [0.4, 0.5) is 0 Å². The summed E-state index contributed by atoms with van der Waals surface area (Å²) in [5.74, 6) is -1.96. The normalized spacial score (nSPS) is 14.1. The first-order chi connectivity index (χ1) is 13.7. The van der Waals surface area contributed by atoms with Crippen LogP contribution in [0.25, 0.3) is 0 Å². The molecule has 0 heterocycles. The Hall–Kier alpha value is -2.45. The molecule has 0 saturated heterocycles. The van der Waals surface area contributed by atoms with Crippen molar-refractivity contribution in [1.29, 1.82) is 0 Å². The van der Waals surface area contributed by atoms with E-state index in [1.54, 1.807) is 0 Å². The van der Waals surface area contributed by atoms with E-state index in [-0.39, 0.29) is 5.92 Å². The molecule has 0 bridgehead atoms. The number of carbonyl (C=O) groups excluding carboxylic acids is 2. The van der Waals surface area contributed by atoms with Gasteiger partial charge in [0.25, 0.3) is 0 Å². The second-order valence-corrected chi connectivity index (χ2v) is 7.67. The molecule has 0 aromatic heterocycles. The van der Waals surface area contributed by atoms with Crippen LogP contribution < -0.4 is 22.1 Å². The van der Waals surface area contributed by atoms with Gasteiger partial charge in [0, 0.05) is 0 Å². The fourth-order valence-electron chi connectivity index (χ4n) is 2.97. The Morgan fingerprint density at radius 1 is 1.00 bits per heavy atom. The topological polar surface area (TPSA) is 148 Å². The van der Waals surface area contributed by atoms with Gasteiger partial charge >= 0.3 is 5.97 Å². The first-order valence-electron chi connectivity index (χ1n) is 10.1. The summed E-state index contributed by atoms with van der Waals surface area (Å²) >= 11 is 0. The number of aliphatic carboxylic acids is 1. The molecule has 1 aromatic carbocycles. The highest BCUT2D eigenvalue weighted by Crippen LogP contribution is 2.08. The van der Waals surface area contributed by atoms with Gasteiger partial charge in [0.2, 0.25) is 11.8 Å². The predicted octanol–water partition coefficient (Wildman–Crippen LogP) is 0.786. The molecule has 1 aromatic rings. The number of benzene rings is 1. The van der Waals surface area contributed by atoms with Gasteiger partial charge in [-0.2, -0.15) is 0 Å². The van der Waals surface area contributed by atoms with E-state index in [1.165, 1.54) is 0 Å². The summed E-state index contributed by atoms with van der Waals surface area (Å²) in [6.07, 6.45) is 2.34. The van der Waals surface area contributed by atoms with E-state index < -0.39 is 35.9 Å². The monoisotopic (exact) mass is 406 g/mol. The molecular weight excluding hydrogens is 372 g/mol. The summed E-state index contributed by atoms with van der Waals surface area (Å²) in [7, 11) is 0. The molecule has 7 N–H and O–H groups in total. The summed E-state index contributed by atoms with van der Waals surface area (Å²) in [6, 6.07) is 6.69. The van der Waals surface area contributed by atoms with Crippen LogP contribution in [-0.4, -0.2) is 47.6 Å². The van der Waals surface area contributed by atoms with E-state index >= 15 is 0 Å². The Morgan fingerprint density at radius 3 is 2.17 bits per heavy atom. The number of carboxylic acid groups (broad SMARTS) is 1. The summed E-state index contributed by atoms with van der Waals surface area (Å²) < 4.78 is 0. The van der Waals surface area contributed by atoms with E-state index in [4.69, 9.17) is 11.5 Å². The van der Waals surface area contributed by atoms with Crippen molar-refractivity contribution >= 4 is 17.8 Å². The fourth-order valence-corrected chi connectivity index (χ4v) is 2.97. The van der Waals surface area contributed by atoms with Crippen LogP contribution >= 0.6 is 0 Å². The van der Waals surface area contributed by atoms with Crippen LogP contribution in [0.5, 0.6) is 0 Å². The van der Waals surface area contributed by atoms with Gasteiger partial charge in [-0.1, -0.05) is 44.2 Å². The smallest absolute Gasteiger partial charge is 0.326 e. The first-order valence-corrected chi connectivity index (χ1v) is 10.1. The molecule has 0 aliphatic heterocycles. The molecule has 0 fully saturated rings. The summed E-state index contributed by atoms with van der Waals surface area (Å²) in [5, 5.41) is 14.6. The van der Waals surface area contributed by atoms with Crippen LogP contribution in [0.1, 0.15) is 45.1 Å². The highest BCUT2D eigenvalue weighted by molar-refractivity contribution is 5.91. The van der Waals surface area contributed by atoms with Crippen LogP contribution in [0, 0.1) is 5.92 Å². The lowest BCUT2D eigenvalue weighted by atomic mass is 10.0. The van der Waals surface area contributed by atoms with Crippen molar-refractivity contribution in [2.45, 2.75) is 64.1 Å². The Labute approximate surface area is 172 Å². The quantitative estimate of drug-likeness (QED) is 0.306. The fraction of sp³-hybridized carbons (Fsp3) is 0.571. The number of unbranched alkanes of at least 4 members (excludes halogenated alkanes) is 1. The van der Waals surface area contributed by atoms with Gasteiger partial charge in [-0.3, -0.25) is 9.59 Å². The van der Waals surface area contributed by atoms with Gasteiger partial charge in [-0.25, -0.2) is 4.79 Å². The number of carbonyl (C=O) groups is 3. The van der Waals surface area contributed by atoms with Crippen molar-refractivity contribution in [3.8, 4) is 0 Å². The van der Waals surface area contributed by atoms with Crippen molar-refractivity contribution in [2.24, 2.45) is 17.4 Å². The Balaban J connectivity index is 2.77. The Morgan fingerprint density at radius 2 is 1.62 bits per heavy atom. The molecule has 0 spiro atoms. The lowest BCUT2D eigenvalue weighted by Crippen LogP contribution is -2.55. The SMILES string of the molecule is CC(C)C[C@H](NC(=O)[C@@H](CCCCN)NC(=O)[C@H](N)Cc1ccccc1)C(=O)O. The van der Waals surface area contributed by atoms with Crippen LogP contribution in [0.15, 0.2) is 30.3 Å². The summed E-state index contributed by atoms with van der Waals surface area (Å²) in [5.41, 5.74) is 12.4. The van der Waals surface area contributed by atoms with E-state index in [9.17, 15) is 19.5 Å². The van der Waals surface area contributed by atoms with Crippen LogP contribution in [0.3, 0.4) is 0 Å². The minimum atomic E-state index is -1.10. The highest BCUT2D eigenvalue weighted by Gasteiger charge is 2.28. The molecule has 0 unspecified atom stereocenters. The number of nitrogens with two attached hydrogens (primary N) is 2. The summed E-state index contributed by atoms with van der Waals surface area (Å²) in [4.78, 5) is 36.7. The maximum Gasteiger partial charge on any atom is 0.326 e. The number of hydrogen-bond donors (Lipinski definition) is 5. The minimum Gasteiger partial charge on any atom is -0.480 e. The van der Waals surface area contributed by atoms with E-state index in [0.29, 0.717) is 38.6 Å². The number of rotatable bonds is 13. The summed E-state index contributed by atoms with van der Waals surface area (Å²) in [6.45, 7) is 4.23. The number of nitrogens with one attached hydrogen (secondary N) is 2. The van der Waals surface area contributed by atoms with Gasteiger partial charge in [0.05, 0.1) is 6.04 Å². The zero-order valence-corrected chi connectivity index (χ0v) is 17.3. The van der Waals surface area contributed by atoms with E-state index in [0.717, 1.165) is 5.56 Å². The van der Waals surface area contributed by atoms with Crippen molar-refractivity contribution in [2.75, 3.05) is 6.54 Å². The van der Waals surface area contributed by atoms with Gasteiger partial charge in [-0.15, -0.1) is 0 Å². The van der Waals surface area contributed by atoms with Crippen LogP contribution in [0.2, 0.25) is 0 Å². The zero-order chi connectivity index (χ0) is 21.8. The highest BCUT2D eigenvalue weighted by atomic mass is 16.4. The number of amides is 2. The molecule has 2 amide bonds. The van der Waals surface area contributed by atoms with Crippen molar-refractivity contribution < 1.29 is 19.5 Å². The standard InChI is InChI=1S/C21H34N4O4/c1-14(2)12-18(21(28)29)25-20(27)17(10-6-7-11-22)24-19(26)16(23)13-15-8-4-3-5-9-15/h3-5,8-9,14,16-18H,6-7,10-13,22-23H2,1-2H3,(H,24,26)(H,25,27)(H,28,29)/t16-,17-,18+/m1/s1.